The molecule has 0 spiro atoms. The van der Waals surface area contributed by atoms with Crippen molar-refractivity contribution in [1.82, 2.24) is 4.98 Å². The Balaban J connectivity index is 2.17. The van der Waals surface area contributed by atoms with E-state index in [2.05, 4.69) is 29.8 Å². The molecule has 0 aliphatic carbocycles. The molecule has 1 aliphatic heterocycles. The predicted molar refractivity (Wildman–Crippen MR) is 62.8 cm³/mol. The Labute approximate surface area is 91.3 Å². The number of hydrogen-bond donors (Lipinski definition) is 1. The Morgan fingerprint density at radius 2 is 2.27 bits per heavy atom. The van der Waals surface area contributed by atoms with Gasteiger partial charge >= 0.3 is 0 Å². The summed E-state index contributed by atoms with van der Waals surface area (Å²) in [6.45, 7) is 5.52. The van der Waals surface area contributed by atoms with E-state index in [0.29, 0.717) is 18.0 Å². The summed E-state index contributed by atoms with van der Waals surface area (Å²) in [5.74, 6) is 0.541. The fourth-order valence-electron chi connectivity index (χ4n) is 2.28. The first-order valence-electron chi connectivity index (χ1n) is 5.62. The summed E-state index contributed by atoms with van der Waals surface area (Å²) in [6.07, 6.45) is 4.81. The molecule has 3 atom stereocenters. The van der Waals surface area contributed by atoms with Gasteiger partial charge in [-0.1, -0.05) is 6.92 Å². The van der Waals surface area contributed by atoms with Crippen molar-refractivity contribution < 1.29 is 0 Å². The summed E-state index contributed by atoms with van der Waals surface area (Å²) in [7, 11) is 0. The van der Waals surface area contributed by atoms with Crippen LogP contribution in [-0.2, 0) is 0 Å². The molecule has 1 saturated heterocycles. The van der Waals surface area contributed by atoms with Crippen molar-refractivity contribution in [3.63, 3.8) is 0 Å². The lowest BCUT2D eigenvalue weighted by Crippen LogP contribution is -2.51. The molecule has 0 bridgehead atoms. The van der Waals surface area contributed by atoms with Gasteiger partial charge in [0.15, 0.2) is 0 Å². The summed E-state index contributed by atoms with van der Waals surface area (Å²) in [6, 6.07) is 4.94. The molecule has 1 fully saturated rings. The monoisotopic (exact) mass is 205 g/mol. The molecule has 0 aromatic carbocycles. The van der Waals surface area contributed by atoms with E-state index in [1.165, 1.54) is 5.69 Å². The average molecular weight is 205 g/mol. The van der Waals surface area contributed by atoms with Gasteiger partial charge in [0.05, 0.1) is 11.9 Å². The molecule has 1 aromatic heterocycles. The van der Waals surface area contributed by atoms with E-state index in [9.17, 15) is 0 Å². The second kappa shape index (κ2) is 4.19. The number of nitrogens with two attached hydrogens (primary N) is 1. The second-order valence-corrected chi connectivity index (χ2v) is 4.46. The van der Waals surface area contributed by atoms with Crippen molar-refractivity contribution in [2.24, 2.45) is 11.7 Å². The summed E-state index contributed by atoms with van der Waals surface area (Å²) >= 11 is 0. The third kappa shape index (κ3) is 1.97. The highest BCUT2D eigenvalue weighted by Crippen LogP contribution is 2.26. The minimum Gasteiger partial charge on any atom is -0.367 e. The van der Waals surface area contributed by atoms with Crippen LogP contribution in [-0.4, -0.2) is 23.6 Å². The molecule has 3 unspecified atom stereocenters. The summed E-state index contributed by atoms with van der Waals surface area (Å²) in [5, 5.41) is 0. The first kappa shape index (κ1) is 10.4. The summed E-state index contributed by atoms with van der Waals surface area (Å²) in [4.78, 5) is 6.57. The SMILES string of the molecule is CC1C(N)CCN(c2cccnc2)C1C. The number of anilines is 1. The number of pyridine rings is 1. The lowest BCUT2D eigenvalue weighted by Gasteiger charge is -2.42. The zero-order valence-corrected chi connectivity index (χ0v) is 9.43. The van der Waals surface area contributed by atoms with Gasteiger partial charge in [0, 0.05) is 24.8 Å². The molecule has 0 saturated carbocycles. The van der Waals surface area contributed by atoms with Gasteiger partial charge in [0.25, 0.3) is 0 Å². The molecular formula is C12H19N3. The van der Waals surface area contributed by atoms with Crippen LogP contribution in [0.4, 0.5) is 5.69 Å². The van der Waals surface area contributed by atoms with E-state index < -0.39 is 0 Å². The van der Waals surface area contributed by atoms with E-state index in [1.54, 1.807) is 0 Å². The van der Waals surface area contributed by atoms with E-state index in [-0.39, 0.29) is 0 Å². The Morgan fingerprint density at radius 1 is 1.47 bits per heavy atom. The topological polar surface area (TPSA) is 42.1 Å². The first-order valence-corrected chi connectivity index (χ1v) is 5.62. The quantitative estimate of drug-likeness (QED) is 0.758. The standard InChI is InChI=1S/C12H19N3/c1-9-10(2)15(7-5-12(9)13)11-4-3-6-14-8-11/h3-4,6,8-10,12H,5,7,13H2,1-2H3. The van der Waals surface area contributed by atoms with Crippen LogP contribution >= 0.6 is 0 Å². The Kier molecular flexibility index (Phi) is 2.91. The predicted octanol–water partition coefficient (Wildman–Crippen LogP) is 1.64. The smallest absolute Gasteiger partial charge is 0.0555 e. The maximum absolute atomic E-state index is 6.07. The van der Waals surface area contributed by atoms with Crippen LogP contribution in [0.1, 0.15) is 20.3 Å². The molecule has 0 radical (unpaired) electrons. The van der Waals surface area contributed by atoms with Gasteiger partial charge in [0.1, 0.15) is 0 Å². The molecule has 1 aliphatic rings. The fraction of sp³-hybridized carbons (Fsp3) is 0.583. The highest BCUT2D eigenvalue weighted by Gasteiger charge is 2.30. The van der Waals surface area contributed by atoms with Crippen molar-refractivity contribution in [2.75, 3.05) is 11.4 Å². The van der Waals surface area contributed by atoms with Crippen LogP contribution in [0.15, 0.2) is 24.5 Å². The van der Waals surface area contributed by atoms with Crippen LogP contribution in [0.3, 0.4) is 0 Å². The lowest BCUT2D eigenvalue weighted by molar-refractivity contribution is 0.315. The van der Waals surface area contributed by atoms with Crippen molar-refractivity contribution >= 4 is 5.69 Å². The lowest BCUT2D eigenvalue weighted by atomic mass is 9.87. The van der Waals surface area contributed by atoms with Gasteiger partial charge in [-0.2, -0.15) is 0 Å². The third-order valence-corrected chi connectivity index (χ3v) is 3.61. The van der Waals surface area contributed by atoms with Crippen LogP contribution in [0.2, 0.25) is 0 Å². The van der Waals surface area contributed by atoms with Crippen molar-refractivity contribution in [1.29, 1.82) is 0 Å². The number of piperidine rings is 1. The van der Waals surface area contributed by atoms with Gasteiger partial charge < -0.3 is 10.6 Å². The molecular weight excluding hydrogens is 186 g/mol. The number of aromatic nitrogens is 1. The Hall–Kier alpha value is -1.09. The summed E-state index contributed by atoms with van der Waals surface area (Å²) in [5.41, 5.74) is 7.28. The molecule has 2 N–H and O–H groups in total. The second-order valence-electron chi connectivity index (χ2n) is 4.46. The van der Waals surface area contributed by atoms with Gasteiger partial charge in [-0.3, -0.25) is 4.98 Å². The molecule has 3 heteroatoms. The highest BCUT2D eigenvalue weighted by molar-refractivity contribution is 5.45. The molecule has 3 nitrogen and oxygen atoms in total. The van der Waals surface area contributed by atoms with Gasteiger partial charge in [-0.25, -0.2) is 0 Å². The number of nitrogens with zero attached hydrogens (tertiary/aromatic N) is 2. The van der Waals surface area contributed by atoms with E-state index in [1.807, 2.05) is 18.5 Å². The van der Waals surface area contributed by atoms with Gasteiger partial charge in [-0.05, 0) is 31.4 Å². The zero-order chi connectivity index (χ0) is 10.8. The summed E-state index contributed by atoms with van der Waals surface area (Å²) < 4.78 is 0. The zero-order valence-electron chi connectivity index (χ0n) is 9.43. The van der Waals surface area contributed by atoms with E-state index in [0.717, 1.165) is 13.0 Å². The minimum atomic E-state index is 0.341. The number of hydrogen-bond acceptors (Lipinski definition) is 3. The maximum Gasteiger partial charge on any atom is 0.0555 e. The van der Waals surface area contributed by atoms with Gasteiger partial charge in [0.2, 0.25) is 0 Å². The number of rotatable bonds is 1. The normalized spacial score (nSPS) is 31.7. The minimum absolute atomic E-state index is 0.341. The molecule has 0 amide bonds. The van der Waals surface area contributed by atoms with E-state index >= 15 is 0 Å². The van der Waals surface area contributed by atoms with Gasteiger partial charge in [-0.15, -0.1) is 0 Å². The maximum atomic E-state index is 6.07. The van der Waals surface area contributed by atoms with Crippen LogP contribution in [0.5, 0.6) is 0 Å². The molecule has 82 valence electrons. The van der Waals surface area contributed by atoms with Crippen LogP contribution in [0.25, 0.3) is 0 Å². The molecule has 15 heavy (non-hydrogen) atoms. The van der Waals surface area contributed by atoms with Crippen molar-refractivity contribution in [3.05, 3.63) is 24.5 Å². The van der Waals surface area contributed by atoms with Crippen LogP contribution < -0.4 is 10.6 Å². The highest BCUT2D eigenvalue weighted by atomic mass is 15.2. The molecule has 2 heterocycles. The van der Waals surface area contributed by atoms with Crippen molar-refractivity contribution in [3.8, 4) is 0 Å². The first-order chi connectivity index (χ1) is 7.20. The van der Waals surface area contributed by atoms with E-state index in [4.69, 9.17) is 5.73 Å². The third-order valence-electron chi connectivity index (χ3n) is 3.61. The Morgan fingerprint density at radius 3 is 2.93 bits per heavy atom. The van der Waals surface area contributed by atoms with Crippen LogP contribution in [0, 0.1) is 5.92 Å². The molecule has 2 rings (SSSR count). The average Bonchev–Trinajstić information content (AvgIpc) is 2.27. The largest absolute Gasteiger partial charge is 0.367 e. The molecule has 1 aromatic rings. The fourth-order valence-corrected chi connectivity index (χ4v) is 2.28. The van der Waals surface area contributed by atoms with Crippen molar-refractivity contribution in [2.45, 2.75) is 32.4 Å². The Bertz CT molecular complexity index is 312.